The second-order valence-electron chi connectivity index (χ2n) is 7.66. The van der Waals surface area contributed by atoms with E-state index in [1.165, 1.54) is 0 Å². The molecule has 2 aromatic carbocycles. The van der Waals surface area contributed by atoms with Gasteiger partial charge in [0.1, 0.15) is 5.75 Å². The number of hydrogen-bond acceptors (Lipinski definition) is 4. The second kappa shape index (κ2) is 10.6. The molecule has 3 amide bonds. The molecule has 7 nitrogen and oxygen atoms in total. The van der Waals surface area contributed by atoms with Crippen LogP contribution in [0.5, 0.6) is 5.75 Å². The van der Waals surface area contributed by atoms with Crippen LogP contribution in [0.3, 0.4) is 0 Å². The Balaban J connectivity index is 1.72. The fraction of sp³-hybridized carbons (Fsp3) is 0.318. The molecule has 2 aromatic rings. The number of carbonyl (C=O) groups is 3. The third-order valence-electron chi connectivity index (χ3n) is 4.12. The molecule has 2 rings (SSSR count). The molecular weight excluding hydrogens is 406 g/mol. The minimum atomic E-state index is -0.507. The number of hydrogen-bond donors (Lipinski definition) is 3. The van der Waals surface area contributed by atoms with Crippen molar-refractivity contribution >= 4 is 35.0 Å². The van der Waals surface area contributed by atoms with Gasteiger partial charge in [-0.15, -0.1) is 0 Å². The van der Waals surface area contributed by atoms with Gasteiger partial charge in [0.05, 0.1) is 10.7 Å². The molecule has 3 N–H and O–H groups in total. The van der Waals surface area contributed by atoms with E-state index in [2.05, 4.69) is 36.9 Å². The monoisotopic (exact) mass is 431 g/mol. The maximum absolute atomic E-state index is 12.0. The molecule has 0 saturated carbocycles. The van der Waals surface area contributed by atoms with Crippen LogP contribution in [0, 0.1) is 0 Å². The van der Waals surface area contributed by atoms with E-state index in [1.807, 2.05) is 18.2 Å². The van der Waals surface area contributed by atoms with Gasteiger partial charge >= 0.3 is 0 Å². The van der Waals surface area contributed by atoms with Gasteiger partial charge in [0.25, 0.3) is 5.91 Å². The Morgan fingerprint density at radius 2 is 1.47 bits per heavy atom. The Kier molecular flexibility index (Phi) is 8.24. The van der Waals surface area contributed by atoms with E-state index in [0.717, 1.165) is 5.56 Å². The van der Waals surface area contributed by atoms with Crippen molar-refractivity contribution in [3.63, 3.8) is 0 Å². The van der Waals surface area contributed by atoms with E-state index in [4.69, 9.17) is 16.3 Å². The summed E-state index contributed by atoms with van der Waals surface area (Å²) in [6.45, 7) is 5.91. The van der Waals surface area contributed by atoms with Crippen molar-refractivity contribution in [2.24, 2.45) is 0 Å². The first-order chi connectivity index (χ1) is 14.2. The lowest BCUT2D eigenvalue weighted by Gasteiger charge is -2.22. The molecule has 0 heterocycles. The molecule has 0 aromatic heterocycles. The Hall–Kier alpha value is -3.06. The van der Waals surface area contributed by atoms with Crippen LogP contribution in [0.4, 0.5) is 5.69 Å². The third kappa shape index (κ3) is 7.40. The highest BCUT2D eigenvalue weighted by Crippen LogP contribution is 2.30. The van der Waals surface area contributed by atoms with E-state index in [1.54, 1.807) is 30.3 Å². The second-order valence-corrected chi connectivity index (χ2v) is 8.07. The summed E-state index contributed by atoms with van der Waals surface area (Å²) in [4.78, 5) is 35.7. The molecule has 0 spiro atoms. The summed E-state index contributed by atoms with van der Waals surface area (Å²) in [6, 6.07) is 14.3. The lowest BCUT2D eigenvalue weighted by atomic mass is 9.86. The van der Waals surface area contributed by atoms with Gasteiger partial charge in [0.2, 0.25) is 11.8 Å². The SMILES string of the molecule is CC(C)(C)c1ccccc1OCC(=O)NNC(=O)CCC(=O)Nc1ccccc1Cl. The largest absolute Gasteiger partial charge is 0.483 e. The number of rotatable bonds is 7. The first kappa shape index (κ1) is 23.2. The van der Waals surface area contributed by atoms with Gasteiger partial charge in [0, 0.05) is 12.8 Å². The lowest BCUT2D eigenvalue weighted by Crippen LogP contribution is -2.44. The molecule has 0 radical (unpaired) electrons. The molecule has 0 saturated heterocycles. The number of halogens is 1. The molecule has 0 atom stereocenters. The van der Waals surface area contributed by atoms with E-state index < -0.39 is 11.8 Å². The van der Waals surface area contributed by atoms with Crippen molar-refractivity contribution in [3.8, 4) is 5.75 Å². The number of ether oxygens (including phenoxy) is 1. The maximum Gasteiger partial charge on any atom is 0.276 e. The number of anilines is 1. The van der Waals surface area contributed by atoms with E-state index >= 15 is 0 Å². The number of para-hydroxylation sites is 2. The van der Waals surface area contributed by atoms with Crippen molar-refractivity contribution in [1.82, 2.24) is 10.9 Å². The van der Waals surface area contributed by atoms with Crippen molar-refractivity contribution in [3.05, 3.63) is 59.1 Å². The zero-order valence-electron chi connectivity index (χ0n) is 17.3. The summed E-state index contributed by atoms with van der Waals surface area (Å²) in [5.74, 6) is -0.741. The highest BCUT2D eigenvalue weighted by atomic mass is 35.5. The summed E-state index contributed by atoms with van der Waals surface area (Å²) in [5.41, 5.74) is 5.87. The van der Waals surface area contributed by atoms with Crippen LogP contribution in [-0.4, -0.2) is 24.3 Å². The van der Waals surface area contributed by atoms with Gasteiger partial charge in [-0.2, -0.15) is 0 Å². The van der Waals surface area contributed by atoms with Gasteiger partial charge in [-0.25, -0.2) is 0 Å². The molecule has 0 fully saturated rings. The Morgan fingerprint density at radius 3 is 2.17 bits per heavy atom. The van der Waals surface area contributed by atoms with Crippen LogP contribution in [0.1, 0.15) is 39.2 Å². The quantitative estimate of drug-likeness (QED) is 0.584. The summed E-state index contributed by atoms with van der Waals surface area (Å²) in [7, 11) is 0. The van der Waals surface area contributed by atoms with Crippen molar-refractivity contribution in [1.29, 1.82) is 0 Å². The molecule has 0 aliphatic carbocycles. The molecule has 0 aliphatic heterocycles. The minimum Gasteiger partial charge on any atom is -0.483 e. The number of hydrazine groups is 1. The Bertz CT molecular complexity index is 909. The third-order valence-corrected chi connectivity index (χ3v) is 4.45. The summed E-state index contributed by atoms with van der Waals surface area (Å²) in [6.07, 6.45) is -0.146. The molecule has 0 bridgehead atoms. The molecular formula is C22H26ClN3O4. The predicted molar refractivity (Wildman–Crippen MR) is 116 cm³/mol. The fourth-order valence-electron chi connectivity index (χ4n) is 2.60. The highest BCUT2D eigenvalue weighted by Gasteiger charge is 2.19. The number of nitrogens with one attached hydrogen (secondary N) is 3. The first-order valence-electron chi connectivity index (χ1n) is 9.51. The first-order valence-corrected chi connectivity index (χ1v) is 9.89. The molecule has 0 unspecified atom stereocenters. The standard InChI is InChI=1S/C22H26ClN3O4/c1-22(2,3)15-8-4-7-11-18(15)30-14-21(29)26-25-20(28)13-12-19(27)24-17-10-6-5-9-16(17)23/h4-11H,12-14H2,1-3H3,(H,24,27)(H,25,28)(H,26,29). The zero-order chi connectivity index (χ0) is 22.1. The Morgan fingerprint density at radius 1 is 0.867 bits per heavy atom. The van der Waals surface area contributed by atoms with Crippen molar-refractivity contribution in [2.75, 3.05) is 11.9 Å². The molecule has 8 heteroatoms. The lowest BCUT2D eigenvalue weighted by molar-refractivity contribution is -0.130. The van der Waals surface area contributed by atoms with E-state index in [0.29, 0.717) is 16.5 Å². The van der Waals surface area contributed by atoms with Crippen LogP contribution in [0.2, 0.25) is 5.02 Å². The number of benzene rings is 2. The Labute approximate surface area is 181 Å². The maximum atomic E-state index is 12.0. The summed E-state index contributed by atoms with van der Waals surface area (Å²) in [5, 5.41) is 3.04. The summed E-state index contributed by atoms with van der Waals surface area (Å²) >= 11 is 5.97. The predicted octanol–water partition coefficient (Wildman–Crippen LogP) is 3.58. The van der Waals surface area contributed by atoms with Crippen LogP contribution >= 0.6 is 11.6 Å². The average molecular weight is 432 g/mol. The van der Waals surface area contributed by atoms with Gasteiger partial charge < -0.3 is 10.1 Å². The number of amides is 3. The highest BCUT2D eigenvalue weighted by molar-refractivity contribution is 6.33. The molecule has 160 valence electrons. The van der Waals surface area contributed by atoms with Crippen LogP contribution in [-0.2, 0) is 19.8 Å². The zero-order valence-corrected chi connectivity index (χ0v) is 18.0. The van der Waals surface area contributed by atoms with Crippen molar-refractivity contribution in [2.45, 2.75) is 39.0 Å². The van der Waals surface area contributed by atoms with E-state index in [-0.39, 0.29) is 30.8 Å². The summed E-state index contributed by atoms with van der Waals surface area (Å²) < 4.78 is 5.59. The average Bonchev–Trinajstić information content (AvgIpc) is 2.70. The smallest absolute Gasteiger partial charge is 0.276 e. The topological polar surface area (TPSA) is 96.5 Å². The van der Waals surface area contributed by atoms with E-state index in [9.17, 15) is 14.4 Å². The minimum absolute atomic E-state index is 0.0532. The van der Waals surface area contributed by atoms with Crippen LogP contribution in [0.15, 0.2) is 48.5 Å². The van der Waals surface area contributed by atoms with Crippen LogP contribution in [0.25, 0.3) is 0 Å². The van der Waals surface area contributed by atoms with Gasteiger partial charge in [-0.1, -0.05) is 62.7 Å². The normalized spacial score (nSPS) is 10.8. The fourth-order valence-corrected chi connectivity index (χ4v) is 2.78. The molecule has 30 heavy (non-hydrogen) atoms. The van der Waals surface area contributed by atoms with Gasteiger partial charge in [-0.05, 0) is 29.2 Å². The van der Waals surface area contributed by atoms with Gasteiger partial charge in [-0.3, -0.25) is 25.2 Å². The van der Waals surface area contributed by atoms with Crippen LogP contribution < -0.4 is 20.9 Å². The van der Waals surface area contributed by atoms with Crippen molar-refractivity contribution < 1.29 is 19.1 Å². The van der Waals surface area contributed by atoms with Gasteiger partial charge in [0.15, 0.2) is 6.61 Å². The number of carbonyl (C=O) groups excluding carboxylic acids is 3. The molecule has 0 aliphatic rings.